The summed E-state index contributed by atoms with van der Waals surface area (Å²) in [4.78, 5) is 25.3. The third-order valence-corrected chi connectivity index (χ3v) is 4.76. The molecular weight excluding hydrogens is 342 g/mol. The van der Waals surface area contributed by atoms with Crippen molar-refractivity contribution in [1.82, 2.24) is 10.2 Å². The maximum absolute atomic E-state index is 13.1. The van der Waals surface area contributed by atoms with Crippen LogP contribution in [0.15, 0.2) is 42.5 Å². The minimum atomic E-state index is -0.460. The Morgan fingerprint density at radius 1 is 1.32 bits per heavy atom. The Balaban J connectivity index is 1.94. The van der Waals surface area contributed by atoms with Crippen LogP contribution in [-0.2, 0) is 0 Å². The van der Waals surface area contributed by atoms with Crippen LogP contribution in [0.4, 0.5) is 5.69 Å². The molecule has 0 spiro atoms. The summed E-state index contributed by atoms with van der Waals surface area (Å²) in [6.45, 7) is 3.57. The molecule has 2 aromatic rings. The van der Waals surface area contributed by atoms with E-state index in [1.165, 1.54) is 18.2 Å². The van der Waals surface area contributed by atoms with Gasteiger partial charge in [0.15, 0.2) is 0 Å². The summed E-state index contributed by atoms with van der Waals surface area (Å²) in [6, 6.07) is 11.6. The van der Waals surface area contributed by atoms with E-state index in [9.17, 15) is 14.9 Å². The Kier molecular flexibility index (Phi) is 5.01. The van der Waals surface area contributed by atoms with Crippen molar-refractivity contribution in [2.75, 3.05) is 19.6 Å². The van der Waals surface area contributed by atoms with Crippen molar-refractivity contribution in [3.8, 4) is 0 Å². The molecule has 0 aliphatic carbocycles. The van der Waals surface area contributed by atoms with Crippen LogP contribution in [0.5, 0.6) is 0 Å². The lowest BCUT2D eigenvalue weighted by Gasteiger charge is -2.37. The van der Waals surface area contributed by atoms with Crippen molar-refractivity contribution in [1.29, 1.82) is 0 Å². The standard InChI is InChI=1S/C18H18ClN3O3/c1-12-10-13(22(24)25)6-7-14(12)18(23)21-9-8-20-11-17(21)15-4-2-3-5-16(15)19/h2-7,10,17,20H,8-9,11H2,1H3. The molecule has 2 aromatic carbocycles. The summed E-state index contributed by atoms with van der Waals surface area (Å²) < 4.78 is 0. The van der Waals surface area contributed by atoms with E-state index < -0.39 is 4.92 Å². The highest BCUT2D eigenvalue weighted by Gasteiger charge is 2.30. The maximum Gasteiger partial charge on any atom is 0.269 e. The van der Waals surface area contributed by atoms with Crippen LogP contribution in [0.1, 0.15) is 27.5 Å². The molecule has 1 fully saturated rings. The lowest BCUT2D eigenvalue weighted by atomic mass is 10.00. The number of aryl methyl sites for hydroxylation is 1. The van der Waals surface area contributed by atoms with Crippen LogP contribution in [0, 0.1) is 17.0 Å². The minimum Gasteiger partial charge on any atom is -0.329 e. The second kappa shape index (κ2) is 7.21. The summed E-state index contributed by atoms with van der Waals surface area (Å²) in [5.74, 6) is -0.140. The average molecular weight is 360 g/mol. The summed E-state index contributed by atoms with van der Waals surface area (Å²) in [5.41, 5.74) is 1.95. The van der Waals surface area contributed by atoms with Crippen LogP contribution >= 0.6 is 11.6 Å². The van der Waals surface area contributed by atoms with E-state index in [2.05, 4.69) is 5.32 Å². The van der Waals surface area contributed by atoms with Gasteiger partial charge in [0.05, 0.1) is 11.0 Å². The van der Waals surface area contributed by atoms with Gasteiger partial charge in [0.25, 0.3) is 11.6 Å². The number of carbonyl (C=O) groups excluding carboxylic acids is 1. The molecule has 0 aromatic heterocycles. The molecule has 1 N–H and O–H groups in total. The number of hydrogen-bond acceptors (Lipinski definition) is 4. The van der Waals surface area contributed by atoms with E-state index in [4.69, 9.17) is 11.6 Å². The first-order valence-corrected chi connectivity index (χ1v) is 8.38. The monoisotopic (exact) mass is 359 g/mol. The van der Waals surface area contributed by atoms with Gasteiger partial charge in [-0.15, -0.1) is 0 Å². The third-order valence-electron chi connectivity index (χ3n) is 4.42. The quantitative estimate of drug-likeness (QED) is 0.673. The smallest absolute Gasteiger partial charge is 0.269 e. The normalized spacial score (nSPS) is 17.4. The molecule has 0 saturated carbocycles. The van der Waals surface area contributed by atoms with Crippen LogP contribution in [0.25, 0.3) is 0 Å². The molecule has 1 saturated heterocycles. The number of non-ortho nitro benzene ring substituents is 1. The highest BCUT2D eigenvalue weighted by atomic mass is 35.5. The zero-order valence-electron chi connectivity index (χ0n) is 13.7. The van der Waals surface area contributed by atoms with Crippen molar-refractivity contribution in [2.24, 2.45) is 0 Å². The van der Waals surface area contributed by atoms with Crippen molar-refractivity contribution < 1.29 is 9.72 Å². The number of amides is 1. The molecule has 1 heterocycles. The first-order valence-electron chi connectivity index (χ1n) is 8.00. The Labute approximate surface area is 150 Å². The molecule has 0 bridgehead atoms. The van der Waals surface area contributed by atoms with Gasteiger partial charge < -0.3 is 10.2 Å². The molecule has 7 heteroatoms. The zero-order chi connectivity index (χ0) is 18.0. The number of piperazine rings is 1. The molecule has 6 nitrogen and oxygen atoms in total. The predicted octanol–water partition coefficient (Wildman–Crippen LogP) is 3.34. The summed E-state index contributed by atoms with van der Waals surface area (Å²) in [5, 5.41) is 14.8. The van der Waals surface area contributed by atoms with E-state index in [0.717, 1.165) is 5.56 Å². The highest BCUT2D eigenvalue weighted by Crippen LogP contribution is 2.30. The van der Waals surface area contributed by atoms with Gasteiger partial charge in [-0.05, 0) is 30.2 Å². The molecule has 1 aliphatic heterocycles. The number of nitrogens with one attached hydrogen (secondary N) is 1. The number of benzene rings is 2. The van der Waals surface area contributed by atoms with Gasteiger partial charge >= 0.3 is 0 Å². The Morgan fingerprint density at radius 2 is 2.08 bits per heavy atom. The molecule has 1 aliphatic rings. The summed E-state index contributed by atoms with van der Waals surface area (Å²) in [6.07, 6.45) is 0. The SMILES string of the molecule is Cc1cc([N+](=O)[O-])ccc1C(=O)N1CCNCC1c1ccccc1Cl. The second-order valence-corrected chi connectivity index (χ2v) is 6.40. The number of rotatable bonds is 3. The maximum atomic E-state index is 13.1. The van der Waals surface area contributed by atoms with E-state index in [1.807, 2.05) is 24.3 Å². The van der Waals surface area contributed by atoms with Crippen LogP contribution in [0.3, 0.4) is 0 Å². The van der Waals surface area contributed by atoms with Crippen molar-refractivity contribution >= 4 is 23.2 Å². The molecule has 130 valence electrons. The topological polar surface area (TPSA) is 75.5 Å². The van der Waals surface area contributed by atoms with Gasteiger partial charge in [-0.25, -0.2) is 0 Å². The number of nitrogens with zero attached hydrogens (tertiary/aromatic N) is 2. The van der Waals surface area contributed by atoms with E-state index in [0.29, 0.717) is 35.8 Å². The number of halogens is 1. The first kappa shape index (κ1) is 17.4. The summed E-state index contributed by atoms with van der Waals surface area (Å²) >= 11 is 6.32. The second-order valence-electron chi connectivity index (χ2n) is 6.00. The first-order chi connectivity index (χ1) is 12.0. The minimum absolute atomic E-state index is 0.0167. The van der Waals surface area contributed by atoms with Gasteiger partial charge in [-0.1, -0.05) is 29.8 Å². The van der Waals surface area contributed by atoms with Crippen LogP contribution in [0.2, 0.25) is 5.02 Å². The molecule has 25 heavy (non-hydrogen) atoms. The van der Waals surface area contributed by atoms with Gasteiger partial charge in [-0.3, -0.25) is 14.9 Å². The fraction of sp³-hybridized carbons (Fsp3) is 0.278. The van der Waals surface area contributed by atoms with Crippen molar-refractivity contribution in [2.45, 2.75) is 13.0 Å². The van der Waals surface area contributed by atoms with Gasteiger partial charge in [-0.2, -0.15) is 0 Å². The third kappa shape index (κ3) is 3.50. The number of hydrogen-bond donors (Lipinski definition) is 1. The van der Waals surface area contributed by atoms with Crippen LogP contribution in [-0.4, -0.2) is 35.4 Å². The lowest BCUT2D eigenvalue weighted by Crippen LogP contribution is -2.48. The Hall–Kier alpha value is -2.44. The number of nitro groups is 1. The van der Waals surface area contributed by atoms with Gasteiger partial charge in [0.2, 0.25) is 0 Å². The average Bonchev–Trinajstić information content (AvgIpc) is 2.61. The lowest BCUT2D eigenvalue weighted by molar-refractivity contribution is -0.384. The van der Waals surface area contributed by atoms with Crippen molar-refractivity contribution in [3.05, 3.63) is 74.3 Å². The predicted molar refractivity (Wildman–Crippen MR) is 95.9 cm³/mol. The van der Waals surface area contributed by atoms with E-state index in [1.54, 1.807) is 11.8 Å². The Bertz CT molecular complexity index is 825. The molecular formula is C18H18ClN3O3. The van der Waals surface area contributed by atoms with E-state index >= 15 is 0 Å². The number of nitro benzene ring substituents is 1. The fourth-order valence-corrected chi connectivity index (χ4v) is 3.39. The highest BCUT2D eigenvalue weighted by molar-refractivity contribution is 6.31. The number of carbonyl (C=O) groups is 1. The largest absolute Gasteiger partial charge is 0.329 e. The molecule has 1 unspecified atom stereocenters. The van der Waals surface area contributed by atoms with Gasteiger partial charge in [0, 0.05) is 42.4 Å². The molecule has 0 radical (unpaired) electrons. The fourth-order valence-electron chi connectivity index (χ4n) is 3.13. The van der Waals surface area contributed by atoms with E-state index in [-0.39, 0.29) is 17.6 Å². The zero-order valence-corrected chi connectivity index (χ0v) is 14.5. The molecule has 1 amide bonds. The van der Waals surface area contributed by atoms with Crippen molar-refractivity contribution in [3.63, 3.8) is 0 Å². The molecule has 1 atom stereocenters. The molecule has 3 rings (SSSR count). The Morgan fingerprint density at radius 3 is 2.76 bits per heavy atom. The van der Waals surface area contributed by atoms with Gasteiger partial charge in [0.1, 0.15) is 0 Å². The van der Waals surface area contributed by atoms with Crippen LogP contribution < -0.4 is 5.32 Å². The summed E-state index contributed by atoms with van der Waals surface area (Å²) in [7, 11) is 0.